The van der Waals surface area contributed by atoms with E-state index in [0.717, 1.165) is 5.39 Å². The minimum Gasteiger partial charge on any atom is -0.505 e. The highest BCUT2D eigenvalue weighted by atomic mass is 32.1. The van der Waals surface area contributed by atoms with Gasteiger partial charge in [0.2, 0.25) is 0 Å². The predicted octanol–water partition coefficient (Wildman–Crippen LogP) is 3.37. The number of hydrogen-bond donors (Lipinski definition) is 3. The second-order valence-electron chi connectivity index (χ2n) is 3.82. The maximum absolute atomic E-state index is 10.2. The Morgan fingerprint density at radius 3 is 2.84 bits per heavy atom. The fourth-order valence-corrected chi connectivity index (χ4v) is 2.04. The SMILES string of the molecule is Oc1c(N=Nc2ncn[nH]2)c(S)cc2ccccc12. The molecule has 0 aliphatic carbocycles. The number of phenols is 1. The summed E-state index contributed by atoms with van der Waals surface area (Å²) >= 11 is 4.31. The second kappa shape index (κ2) is 4.69. The van der Waals surface area contributed by atoms with Crippen molar-refractivity contribution in [3.05, 3.63) is 36.7 Å². The zero-order chi connectivity index (χ0) is 13.2. The number of hydrogen-bond acceptors (Lipinski definition) is 6. The number of thiol groups is 1. The fraction of sp³-hybridized carbons (Fsp3) is 0. The van der Waals surface area contributed by atoms with Gasteiger partial charge in [0.25, 0.3) is 5.95 Å². The molecular weight excluding hydrogens is 262 g/mol. The molecule has 0 atom stereocenters. The molecule has 0 aliphatic heterocycles. The zero-order valence-electron chi connectivity index (χ0n) is 9.65. The number of phenolic OH excluding ortho intramolecular Hbond substituents is 1. The number of aromatic hydroxyl groups is 1. The summed E-state index contributed by atoms with van der Waals surface area (Å²) in [6, 6.07) is 9.27. The van der Waals surface area contributed by atoms with E-state index < -0.39 is 0 Å². The molecule has 2 aromatic carbocycles. The normalized spacial score (nSPS) is 11.4. The number of aromatic amines is 1. The summed E-state index contributed by atoms with van der Waals surface area (Å²) in [7, 11) is 0. The summed E-state index contributed by atoms with van der Waals surface area (Å²) in [6.45, 7) is 0. The molecule has 19 heavy (non-hydrogen) atoms. The van der Waals surface area contributed by atoms with Crippen LogP contribution in [0.1, 0.15) is 0 Å². The van der Waals surface area contributed by atoms with Crippen LogP contribution in [0.3, 0.4) is 0 Å². The van der Waals surface area contributed by atoms with Crippen molar-refractivity contribution in [2.75, 3.05) is 0 Å². The molecule has 94 valence electrons. The molecule has 0 radical (unpaired) electrons. The number of fused-ring (bicyclic) bond motifs is 1. The van der Waals surface area contributed by atoms with Crippen LogP contribution in [0.5, 0.6) is 5.75 Å². The molecule has 3 aromatic rings. The summed E-state index contributed by atoms with van der Waals surface area (Å²) in [6.07, 6.45) is 1.33. The summed E-state index contributed by atoms with van der Waals surface area (Å²) in [5.74, 6) is 0.312. The molecule has 6 nitrogen and oxygen atoms in total. The van der Waals surface area contributed by atoms with Gasteiger partial charge in [0.15, 0.2) is 5.75 Å². The molecule has 0 saturated heterocycles. The Morgan fingerprint density at radius 1 is 1.21 bits per heavy atom. The van der Waals surface area contributed by atoms with Gasteiger partial charge in [0.1, 0.15) is 12.0 Å². The second-order valence-corrected chi connectivity index (χ2v) is 4.30. The smallest absolute Gasteiger partial charge is 0.264 e. The van der Waals surface area contributed by atoms with E-state index in [2.05, 4.69) is 38.0 Å². The Morgan fingerprint density at radius 2 is 2.05 bits per heavy atom. The topological polar surface area (TPSA) is 86.5 Å². The van der Waals surface area contributed by atoms with Crippen LogP contribution < -0.4 is 0 Å². The Hall–Kier alpha value is -2.41. The van der Waals surface area contributed by atoms with E-state index in [-0.39, 0.29) is 11.7 Å². The van der Waals surface area contributed by atoms with Crippen molar-refractivity contribution < 1.29 is 5.11 Å². The van der Waals surface area contributed by atoms with Crippen LogP contribution in [-0.2, 0) is 0 Å². The van der Waals surface area contributed by atoms with Gasteiger partial charge < -0.3 is 5.11 Å². The first-order valence-corrected chi connectivity index (χ1v) is 5.91. The predicted molar refractivity (Wildman–Crippen MR) is 73.4 cm³/mol. The van der Waals surface area contributed by atoms with Crippen molar-refractivity contribution >= 4 is 35.0 Å². The molecule has 0 saturated carbocycles. The Labute approximate surface area is 113 Å². The lowest BCUT2D eigenvalue weighted by Crippen LogP contribution is -1.78. The van der Waals surface area contributed by atoms with Gasteiger partial charge in [-0.3, -0.25) is 0 Å². The first-order valence-electron chi connectivity index (χ1n) is 5.46. The van der Waals surface area contributed by atoms with Crippen LogP contribution in [0.4, 0.5) is 11.6 Å². The van der Waals surface area contributed by atoms with E-state index in [0.29, 0.717) is 16.0 Å². The van der Waals surface area contributed by atoms with Crippen LogP contribution in [0.25, 0.3) is 10.8 Å². The van der Waals surface area contributed by atoms with Crippen LogP contribution in [0, 0.1) is 0 Å². The first kappa shape index (κ1) is 11.7. The standard InChI is InChI=1S/C12H9N5OS/c18-11-8-4-2-1-3-7(8)5-9(19)10(11)15-17-12-13-6-14-16-12/h1-6,18-19H,(H,13,14,16). The maximum atomic E-state index is 10.2. The number of aromatic nitrogens is 3. The van der Waals surface area contributed by atoms with Crippen molar-refractivity contribution in [2.45, 2.75) is 4.90 Å². The van der Waals surface area contributed by atoms with Gasteiger partial charge in [0.05, 0.1) is 0 Å². The molecule has 1 aromatic heterocycles. The van der Waals surface area contributed by atoms with Gasteiger partial charge in [-0.1, -0.05) is 24.3 Å². The number of nitrogens with one attached hydrogen (secondary N) is 1. The summed E-state index contributed by atoms with van der Waals surface area (Å²) in [5.41, 5.74) is 0.304. The maximum Gasteiger partial charge on any atom is 0.264 e. The van der Waals surface area contributed by atoms with Crippen molar-refractivity contribution in [2.24, 2.45) is 10.2 Å². The van der Waals surface area contributed by atoms with Gasteiger partial charge in [0, 0.05) is 10.3 Å². The van der Waals surface area contributed by atoms with Crippen molar-refractivity contribution in [1.29, 1.82) is 0 Å². The summed E-state index contributed by atoms with van der Waals surface area (Å²) in [5, 5.41) is 25.8. The lowest BCUT2D eigenvalue weighted by Gasteiger charge is -2.06. The highest BCUT2D eigenvalue weighted by Crippen LogP contribution is 2.40. The molecule has 0 aliphatic rings. The quantitative estimate of drug-likeness (QED) is 0.493. The van der Waals surface area contributed by atoms with Gasteiger partial charge in [-0.05, 0) is 11.5 Å². The summed E-state index contributed by atoms with van der Waals surface area (Å²) < 4.78 is 0. The number of H-pyrrole nitrogens is 1. The lowest BCUT2D eigenvalue weighted by molar-refractivity contribution is 0.481. The molecule has 0 unspecified atom stereocenters. The van der Waals surface area contributed by atoms with Crippen LogP contribution in [-0.4, -0.2) is 20.3 Å². The number of nitrogens with zero attached hydrogens (tertiary/aromatic N) is 4. The Kier molecular flexibility index (Phi) is 2.88. The average molecular weight is 271 g/mol. The Bertz CT molecular complexity index is 754. The molecule has 0 fully saturated rings. The van der Waals surface area contributed by atoms with E-state index in [1.54, 1.807) is 0 Å². The third-order valence-electron chi connectivity index (χ3n) is 2.62. The van der Waals surface area contributed by atoms with E-state index in [1.165, 1.54) is 6.33 Å². The first-order chi connectivity index (χ1) is 9.25. The third-order valence-corrected chi connectivity index (χ3v) is 2.96. The van der Waals surface area contributed by atoms with Crippen LogP contribution >= 0.6 is 12.6 Å². The fourth-order valence-electron chi connectivity index (χ4n) is 1.75. The van der Waals surface area contributed by atoms with Crippen LogP contribution in [0.15, 0.2) is 51.8 Å². The minimum atomic E-state index is 0.0476. The lowest BCUT2D eigenvalue weighted by atomic mass is 10.1. The van der Waals surface area contributed by atoms with Crippen LogP contribution in [0.2, 0.25) is 0 Å². The molecule has 2 N–H and O–H groups in total. The van der Waals surface area contributed by atoms with Crippen molar-refractivity contribution in [3.63, 3.8) is 0 Å². The van der Waals surface area contributed by atoms with Crippen molar-refractivity contribution in [3.8, 4) is 5.75 Å². The summed E-state index contributed by atoms with van der Waals surface area (Å²) in [4.78, 5) is 4.36. The van der Waals surface area contributed by atoms with E-state index in [1.807, 2.05) is 30.3 Å². The van der Waals surface area contributed by atoms with E-state index >= 15 is 0 Å². The molecular formula is C12H9N5OS. The molecule has 0 amide bonds. The molecule has 7 heteroatoms. The molecule has 3 rings (SSSR count). The highest BCUT2D eigenvalue weighted by Gasteiger charge is 2.10. The largest absolute Gasteiger partial charge is 0.505 e. The van der Waals surface area contributed by atoms with Gasteiger partial charge in [-0.2, -0.15) is 10.1 Å². The number of rotatable bonds is 2. The van der Waals surface area contributed by atoms with Gasteiger partial charge >= 0.3 is 0 Å². The van der Waals surface area contributed by atoms with Crippen molar-refractivity contribution in [1.82, 2.24) is 15.2 Å². The highest BCUT2D eigenvalue weighted by molar-refractivity contribution is 7.80. The van der Waals surface area contributed by atoms with E-state index in [4.69, 9.17) is 0 Å². The van der Waals surface area contributed by atoms with Gasteiger partial charge in [-0.25, -0.2) is 5.10 Å². The van der Waals surface area contributed by atoms with Gasteiger partial charge in [-0.15, -0.1) is 22.9 Å². The average Bonchev–Trinajstić information content (AvgIpc) is 2.92. The zero-order valence-corrected chi connectivity index (χ0v) is 10.5. The minimum absolute atomic E-state index is 0.0476. The number of benzene rings is 2. The molecule has 0 spiro atoms. The Balaban J connectivity index is 2.13. The number of azo groups is 1. The van der Waals surface area contributed by atoms with E-state index in [9.17, 15) is 5.11 Å². The third kappa shape index (κ3) is 2.15. The molecule has 0 bridgehead atoms. The molecule has 1 heterocycles. The monoisotopic (exact) mass is 271 g/mol.